The number of benzene rings is 1. The molecule has 0 spiro atoms. The SMILES string of the molecule is Cc1cc(Cl)cc(-c2ncnc3cc(CN4C(=O)CN(CCCC(=O)O)C4=O)sc23)c1C[C@H]1CNCCO1. The average Bonchev–Trinajstić information content (AvgIpc) is 3.41. The Balaban J connectivity index is 1.42. The van der Waals surface area contributed by atoms with Crippen molar-refractivity contribution >= 4 is 51.1 Å². The van der Waals surface area contributed by atoms with Crippen LogP contribution in [0.1, 0.15) is 28.8 Å². The number of nitrogens with one attached hydrogen (secondary N) is 1. The molecule has 0 unspecified atom stereocenters. The first kappa shape index (κ1) is 26.5. The molecule has 0 bridgehead atoms. The van der Waals surface area contributed by atoms with Gasteiger partial charge in [-0.2, -0.15) is 0 Å². The fourth-order valence-electron chi connectivity index (χ4n) is 4.91. The largest absolute Gasteiger partial charge is 0.481 e. The summed E-state index contributed by atoms with van der Waals surface area (Å²) < 4.78 is 6.81. The van der Waals surface area contributed by atoms with Crippen molar-refractivity contribution in [3.63, 3.8) is 0 Å². The molecule has 3 aromatic rings. The fourth-order valence-corrected chi connectivity index (χ4v) is 6.28. The second-order valence-electron chi connectivity index (χ2n) is 9.48. The number of carboxylic acid groups (broad SMARTS) is 1. The van der Waals surface area contributed by atoms with Crippen molar-refractivity contribution in [2.45, 2.75) is 38.8 Å². The molecule has 0 radical (unpaired) electrons. The third kappa shape index (κ3) is 5.65. The number of ether oxygens (including phenoxy) is 1. The van der Waals surface area contributed by atoms with E-state index in [0.717, 1.165) is 50.6 Å². The van der Waals surface area contributed by atoms with Crippen LogP contribution < -0.4 is 5.32 Å². The van der Waals surface area contributed by atoms with Crippen LogP contribution in [0.5, 0.6) is 0 Å². The van der Waals surface area contributed by atoms with Crippen molar-refractivity contribution in [3.05, 3.63) is 45.6 Å². The van der Waals surface area contributed by atoms with Crippen molar-refractivity contribution in [3.8, 4) is 11.3 Å². The van der Waals surface area contributed by atoms with Crippen molar-refractivity contribution in [1.29, 1.82) is 0 Å². The highest BCUT2D eigenvalue weighted by molar-refractivity contribution is 7.19. The minimum absolute atomic E-state index is 0.0440. The Morgan fingerprint density at radius 1 is 1.29 bits per heavy atom. The number of nitrogens with zero attached hydrogens (tertiary/aromatic N) is 4. The third-order valence-corrected chi connectivity index (χ3v) is 8.09. The van der Waals surface area contributed by atoms with E-state index in [0.29, 0.717) is 24.5 Å². The molecule has 200 valence electrons. The maximum atomic E-state index is 12.8. The molecule has 2 saturated heterocycles. The number of fused-ring (bicyclic) bond motifs is 1. The smallest absolute Gasteiger partial charge is 0.327 e. The number of aryl methyl sites for hydroxylation is 1. The summed E-state index contributed by atoms with van der Waals surface area (Å²) in [5.74, 6) is -1.23. The van der Waals surface area contributed by atoms with Crippen LogP contribution in [0.25, 0.3) is 21.5 Å². The van der Waals surface area contributed by atoms with Crippen molar-refractivity contribution in [2.75, 3.05) is 32.8 Å². The van der Waals surface area contributed by atoms with Gasteiger partial charge in [0.15, 0.2) is 0 Å². The number of amides is 3. The van der Waals surface area contributed by atoms with Gasteiger partial charge >= 0.3 is 12.0 Å². The van der Waals surface area contributed by atoms with Gasteiger partial charge in [-0.1, -0.05) is 11.6 Å². The first-order chi connectivity index (χ1) is 18.3. The van der Waals surface area contributed by atoms with Gasteiger partial charge in [-0.05, 0) is 42.7 Å². The molecule has 10 nitrogen and oxygen atoms in total. The summed E-state index contributed by atoms with van der Waals surface area (Å²) in [5.41, 5.74) is 4.57. The number of carboxylic acids is 1. The lowest BCUT2D eigenvalue weighted by Crippen LogP contribution is -2.39. The second-order valence-corrected chi connectivity index (χ2v) is 11.1. The molecule has 5 rings (SSSR count). The normalized spacial score (nSPS) is 18.1. The van der Waals surface area contributed by atoms with Gasteiger partial charge in [0.1, 0.15) is 12.9 Å². The quantitative estimate of drug-likeness (QED) is 0.383. The van der Waals surface area contributed by atoms with Crippen LogP contribution in [-0.2, 0) is 27.3 Å². The molecule has 2 fully saturated rings. The van der Waals surface area contributed by atoms with Crippen LogP contribution >= 0.6 is 22.9 Å². The first-order valence-corrected chi connectivity index (χ1v) is 13.7. The fraction of sp³-hybridized carbons (Fsp3) is 0.423. The highest BCUT2D eigenvalue weighted by atomic mass is 35.5. The van der Waals surface area contributed by atoms with Gasteiger partial charge in [-0.25, -0.2) is 14.8 Å². The summed E-state index contributed by atoms with van der Waals surface area (Å²) in [4.78, 5) is 48.7. The van der Waals surface area contributed by atoms with E-state index >= 15 is 0 Å². The van der Waals surface area contributed by atoms with Crippen molar-refractivity contribution < 1.29 is 24.2 Å². The van der Waals surface area contributed by atoms with Gasteiger partial charge in [-0.15, -0.1) is 11.3 Å². The van der Waals surface area contributed by atoms with Crippen LogP contribution in [0.15, 0.2) is 24.5 Å². The van der Waals surface area contributed by atoms with Gasteiger partial charge in [0.25, 0.3) is 5.91 Å². The van der Waals surface area contributed by atoms with E-state index in [1.54, 1.807) is 0 Å². The predicted molar refractivity (Wildman–Crippen MR) is 143 cm³/mol. The summed E-state index contributed by atoms with van der Waals surface area (Å²) >= 11 is 7.93. The Bertz CT molecular complexity index is 1390. The zero-order valence-corrected chi connectivity index (χ0v) is 22.5. The number of hydrogen-bond acceptors (Lipinski definition) is 8. The summed E-state index contributed by atoms with van der Waals surface area (Å²) in [6, 6.07) is 5.34. The van der Waals surface area contributed by atoms with Crippen molar-refractivity contribution in [1.82, 2.24) is 25.1 Å². The summed E-state index contributed by atoms with van der Waals surface area (Å²) in [6.07, 6.45) is 2.52. The maximum Gasteiger partial charge on any atom is 0.327 e. The molecule has 1 aromatic carbocycles. The Morgan fingerprint density at radius 3 is 2.89 bits per heavy atom. The Labute approximate surface area is 228 Å². The third-order valence-electron chi connectivity index (χ3n) is 6.75. The van der Waals surface area contributed by atoms with Crippen LogP contribution in [0.3, 0.4) is 0 Å². The number of rotatable bonds is 9. The number of carbonyl (C=O) groups is 3. The monoisotopic (exact) mass is 557 g/mol. The van der Waals surface area contributed by atoms with Crippen LogP contribution in [0.4, 0.5) is 4.79 Å². The molecular weight excluding hydrogens is 530 g/mol. The van der Waals surface area contributed by atoms with Gasteiger partial charge in [0.2, 0.25) is 0 Å². The number of carbonyl (C=O) groups excluding carboxylic acids is 2. The molecular formula is C26H28ClN5O5S. The number of morpholine rings is 1. The molecule has 1 atom stereocenters. The number of halogens is 1. The molecule has 0 aliphatic carbocycles. The minimum atomic E-state index is -0.928. The lowest BCUT2D eigenvalue weighted by Gasteiger charge is -2.25. The molecule has 12 heteroatoms. The van der Waals surface area contributed by atoms with E-state index in [1.807, 2.05) is 25.1 Å². The topological polar surface area (TPSA) is 125 Å². The highest BCUT2D eigenvalue weighted by Crippen LogP contribution is 2.37. The zero-order valence-electron chi connectivity index (χ0n) is 20.9. The summed E-state index contributed by atoms with van der Waals surface area (Å²) in [5, 5.41) is 12.8. The van der Waals surface area contributed by atoms with E-state index < -0.39 is 12.0 Å². The molecule has 2 N–H and O–H groups in total. The molecule has 3 amide bonds. The van der Waals surface area contributed by atoms with E-state index in [9.17, 15) is 14.4 Å². The van der Waals surface area contributed by atoms with Crippen LogP contribution in [-0.4, -0.2) is 81.7 Å². The van der Waals surface area contributed by atoms with Gasteiger partial charge in [0.05, 0.1) is 35.2 Å². The zero-order chi connectivity index (χ0) is 26.8. The minimum Gasteiger partial charge on any atom is -0.481 e. The molecule has 2 aliphatic rings. The number of imide groups is 1. The average molecular weight is 558 g/mol. The summed E-state index contributed by atoms with van der Waals surface area (Å²) in [7, 11) is 0. The van der Waals surface area contributed by atoms with Gasteiger partial charge in [-0.3, -0.25) is 14.5 Å². The number of aromatic nitrogens is 2. The van der Waals surface area contributed by atoms with Gasteiger partial charge < -0.3 is 20.1 Å². The highest BCUT2D eigenvalue weighted by Gasteiger charge is 2.36. The van der Waals surface area contributed by atoms with Gasteiger partial charge in [0, 0.05) is 47.9 Å². The van der Waals surface area contributed by atoms with Crippen molar-refractivity contribution in [2.24, 2.45) is 0 Å². The number of thiophene rings is 1. The Hall–Kier alpha value is -3.12. The van der Waals surface area contributed by atoms with E-state index in [4.69, 9.17) is 21.4 Å². The molecule has 4 heterocycles. The lowest BCUT2D eigenvalue weighted by atomic mass is 9.94. The molecule has 2 aliphatic heterocycles. The van der Waals surface area contributed by atoms with Crippen LogP contribution in [0.2, 0.25) is 5.02 Å². The Morgan fingerprint density at radius 2 is 2.13 bits per heavy atom. The van der Waals surface area contributed by atoms with Crippen LogP contribution in [0, 0.1) is 6.92 Å². The van der Waals surface area contributed by atoms with E-state index in [1.165, 1.54) is 27.5 Å². The molecule has 38 heavy (non-hydrogen) atoms. The first-order valence-electron chi connectivity index (χ1n) is 12.5. The van der Waals surface area contributed by atoms with E-state index in [2.05, 4.69) is 15.3 Å². The number of urea groups is 1. The lowest BCUT2D eigenvalue weighted by molar-refractivity contribution is -0.137. The Kier molecular flexibility index (Phi) is 7.89. The summed E-state index contributed by atoms with van der Waals surface area (Å²) in [6.45, 7) is 4.63. The maximum absolute atomic E-state index is 12.8. The standard InChI is InChI=1S/C26H28ClN5O5S/c1-15-7-16(27)8-20(19(15)9-17-11-28-4-6-37-17)24-25-21(29-14-30-24)10-18(38-25)12-32-22(33)13-31(26(32)36)5-2-3-23(34)35/h7-8,10,14,17,28H,2-6,9,11-13H2,1H3,(H,34,35)/t17-/m0/s1. The number of hydrogen-bond donors (Lipinski definition) is 2. The predicted octanol–water partition coefficient (Wildman–Crippen LogP) is 3.48. The molecule has 2 aromatic heterocycles. The second kappa shape index (κ2) is 11.3. The number of aliphatic carboxylic acids is 1. The molecule has 0 saturated carbocycles. The van der Waals surface area contributed by atoms with E-state index in [-0.39, 0.29) is 38.1 Å².